The minimum Gasteiger partial charge on any atom is -0.368 e. The number of rotatable bonds is 5. The average Bonchev–Trinajstić information content (AvgIpc) is 2.80. The van der Waals surface area contributed by atoms with Crippen molar-refractivity contribution in [1.29, 1.82) is 0 Å². The second-order valence-electron chi connectivity index (χ2n) is 7.96. The Morgan fingerprint density at radius 1 is 0.969 bits per heavy atom. The molecule has 5 rings (SSSR count). The zero-order chi connectivity index (χ0) is 22.1. The molecule has 0 bridgehead atoms. The highest BCUT2D eigenvalue weighted by Gasteiger charge is 2.35. The van der Waals surface area contributed by atoms with Crippen LogP contribution in [-0.2, 0) is 21.2 Å². The number of carbonyl (C=O) groups excluding carboxylic acids is 1. The molecule has 1 aliphatic heterocycles. The Morgan fingerprint density at radius 3 is 2.41 bits per heavy atom. The van der Waals surface area contributed by atoms with Gasteiger partial charge in [0.15, 0.2) is 0 Å². The largest absolute Gasteiger partial charge is 0.368 e. The highest BCUT2D eigenvalue weighted by molar-refractivity contribution is 7.92. The van der Waals surface area contributed by atoms with Crippen LogP contribution in [-0.4, -0.2) is 55.4 Å². The van der Waals surface area contributed by atoms with Crippen LogP contribution in [0.5, 0.6) is 0 Å². The first kappa shape index (κ1) is 20.4. The number of amides is 1. The van der Waals surface area contributed by atoms with Crippen LogP contribution < -0.4 is 9.62 Å². The molecule has 1 amide bonds. The van der Waals surface area contributed by atoms with E-state index in [2.05, 4.69) is 25.7 Å². The predicted octanol–water partition coefficient (Wildman–Crippen LogP) is 2.27. The van der Waals surface area contributed by atoms with Crippen molar-refractivity contribution in [2.45, 2.75) is 17.2 Å². The second kappa shape index (κ2) is 8.23. The van der Waals surface area contributed by atoms with Gasteiger partial charge in [-0.15, -0.1) is 0 Å². The Balaban J connectivity index is 1.20. The third kappa shape index (κ3) is 3.91. The maximum Gasteiger partial charge on any atom is 0.263 e. The normalized spacial score (nSPS) is 17.9. The molecule has 0 spiro atoms. The van der Waals surface area contributed by atoms with E-state index in [1.54, 1.807) is 24.3 Å². The number of hydrogen-bond acceptors (Lipinski definition) is 6. The van der Waals surface area contributed by atoms with Crippen molar-refractivity contribution in [2.75, 3.05) is 35.8 Å². The van der Waals surface area contributed by atoms with Gasteiger partial charge in [0, 0.05) is 38.1 Å². The Kier molecular flexibility index (Phi) is 5.26. The number of piperazine rings is 1. The molecule has 2 heterocycles. The molecule has 1 unspecified atom stereocenters. The third-order valence-electron chi connectivity index (χ3n) is 6.08. The fraction of sp³-hybridized carbons (Fsp3) is 0.261. The number of hydrogen-bond donors (Lipinski definition) is 1. The molecule has 1 saturated heterocycles. The minimum absolute atomic E-state index is 0.00961. The summed E-state index contributed by atoms with van der Waals surface area (Å²) >= 11 is 0. The van der Waals surface area contributed by atoms with Crippen molar-refractivity contribution >= 4 is 27.4 Å². The quantitative estimate of drug-likeness (QED) is 0.642. The number of sulfonamides is 1. The van der Waals surface area contributed by atoms with E-state index in [0.717, 1.165) is 17.7 Å². The summed E-state index contributed by atoms with van der Waals surface area (Å²) in [4.78, 5) is 24.9. The van der Waals surface area contributed by atoms with Crippen LogP contribution in [0.25, 0.3) is 0 Å². The molecular formula is C23H23N5O3S. The molecule has 1 aliphatic carbocycles. The van der Waals surface area contributed by atoms with Gasteiger partial charge >= 0.3 is 0 Å². The molecule has 9 heteroatoms. The number of carbonyl (C=O) groups is 1. The molecule has 32 heavy (non-hydrogen) atoms. The lowest BCUT2D eigenvalue weighted by Crippen LogP contribution is -2.51. The summed E-state index contributed by atoms with van der Waals surface area (Å²) in [5.74, 6) is 0.421. The average molecular weight is 450 g/mol. The second-order valence-corrected chi connectivity index (χ2v) is 9.64. The Labute approximate surface area is 187 Å². The standard InChI is InChI=1S/C23H23N5O3S/c29-23(21-15-17-3-1-2-4-20(17)21)28-13-11-27(12-14-28)18-5-7-19(8-6-18)32(30,31)26-22-9-10-24-16-25-22/h1-10,16,21H,11-15H2,(H,24,25,26). The topological polar surface area (TPSA) is 95.5 Å². The first-order valence-corrected chi connectivity index (χ1v) is 12.0. The van der Waals surface area contributed by atoms with Gasteiger partial charge in [0.25, 0.3) is 10.0 Å². The minimum atomic E-state index is -3.72. The van der Waals surface area contributed by atoms with Crippen LogP contribution in [0, 0.1) is 0 Å². The monoisotopic (exact) mass is 449 g/mol. The summed E-state index contributed by atoms with van der Waals surface area (Å²) in [6, 6.07) is 16.4. The van der Waals surface area contributed by atoms with Crippen LogP contribution in [0.1, 0.15) is 17.0 Å². The molecule has 1 N–H and O–H groups in total. The number of benzene rings is 2. The van der Waals surface area contributed by atoms with Gasteiger partial charge in [-0.3, -0.25) is 9.52 Å². The van der Waals surface area contributed by atoms with Crippen molar-refractivity contribution in [3.05, 3.63) is 78.2 Å². The maximum atomic E-state index is 12.9. The summed E-state index contributed by atoms with van der Waals surface area (Å²) in [5, 5.41) is 0. The molecule has 1 atom stereocenters. The number of fused-ring (bicyclic) bond motifs is 1. The predicted molar refractivity (Wildman–Crippen MR) is 121 cm³/mol. The van der Waals surface area contributed by atoms with Crippen molar-refractivity contribution in [2.24, 2.45) is 0 Å². The van der Waals surface area contributed by atoms with E-state index in [-0.39, 0.29) is 22.5 Å². The van der Waals surface area contributed by atoms with Crippen LogP contribution in [0.4, 0.5) is 11.5 Å². The molecule has 3 aromatic rings. The van der Waals surface area contributed by atoms with E-state index in [1.165, 1.54) is 24.2 Å². The van der Waals surface area contributed by atoms with E-state index in [1.807, 2.05) is 23.1 Å². The van der Waals surface area contributed by atoms with Gasteiger partial charge in [-0.25, -0.2) is 18.4 Å². The molecule has 0 saturated carbocycles. The lowest BCUT2D eigenvalue weighted by atomic mass is 9.77. The highest BCUT2D eigenvalue weighted by atomic mass is 32.2. The van der Waals surface area contributed by atoms with E-state index in [9.17, 15) is 13.2 Å². The van der Waals surface area contributed by atoms with Crippen LogP contribution in [0.2, 0.25) is 0 Å². The van der Waals surface area contributed by atoms with Gasteiger partial charge in [-0.1, -0.05) is 24.3 Å². The summed E-state index contributed by atoms with van der Waals surface area (Å²) in [5.41, 5.74) is 3.37. The van der Waals surface area contributed by atoms with E-state index in [0.29, 0.717) is 26.2 Å². The Bertz CT molecular complexity index is 1220. The fourth-order valence-electron chi connectivity index (χ4n) is 4.27. The van der Waals surface area contributed by atoms with E-state index in [4.69, 9.17) is 0 Å². The lowest BCUT2D eigenvalue weighted by molar-refractivity contribution is -0.133. The Hall–Kier alpha value is -3.46. The lowest BCUT2D eigenvalue weighted by Gasteiger charge is -2.40. The van der Waals surface area contributed by atoms with Gasteiger partial charge in [0.05, 0.1) is 10.8 Å². The maximum absolute atomic E-state index is 12.9. The Morgan fingerprint density at radius 2 is 1.72 bits per heavy atom. The molecule has 164 valence electrons. The number of aromatic nitrogens is 2. The summed E-state index contributed by atoms with van der Waals surface area (Å²) in [6.07, 6.45) is 3.59. The van der Waals surface area contributed by atoms with Crippen LogP contribution in [0.3, 0.4) is 0 Å². The van der Waals surface area contributed by atoms with Crippen molar-refractivity contribution < 1.29 is 13.2 Å². The zero-order valence-corrected chi connectivity index (χ0v) is 18.2. The van der Waals surface area contributed by atoms with Gasteiger partial charge in [-0.05, 0) is 47.9 Å². The SMILES string of the molecule is O=C(C1Cc2ccccc21)N1CCN(c2ccc(S(=O)(=O)Nc3ccncn3)cc2)CC1. The fourth-order valence-corrected chi connectivity index (χ4v) is 5.28. The molecular weight excluding hydrogens is 426 g/mol. The van der Waals surface area contributed by atoms with Gasteiger partial charge < -0.3 is 9.80 Å². The third-order valence-corrected chi connectivity index (χ3v) is 7.45. The van der Waals surface area contributed by atoms with Crippen LogP contribution >= 0.6 is 0 Å². The van der Waals surface area contributed by atoms with Crippen molar-refractivity contribution in [3.63, 3.8) is 0 Å². The number of nitrogens with one attached hydrogen (secondary N) is 1. The number of nitrogens with zero attached hydrogens (tertiary/aromatic N) is 4. The summed E-state index contributed by atoms with van der Waals surface area (Å²) in [6.45, 7) is 2.75. The van der Waals surface area contributed by atoms with Gasteiger partial charge in [0.1, 0.15) is 12.1 Å². The van der Waals surface area contributed by atoms with Gasteiger partial charge in [0.2, 0.25) is 5.91 Å². The van der Waals surface area contributed by atoms with Gasteiger partial charge in [-0.2, -0.15) is 0 Å². The molecule has 8 nitrogen and oxygen atoms in total. The van der Waals surface area contributed by atoms with Crippen LogP contribution in [0.15, 0.2) is 72.0 Å². The molecule has 1 aromatic heterocycles. The summed E-state index contributed by atoms with van der Waals surface area (Å²) in [7, 11) is -3.72. The number of anilines is 2. The molecule has 2 aromatic carbocycles. The van der Waals surface area contributed by atoms with E-state index >= 15 is 0 Å². The molecule has 1 fully saturated rings. The summed E-state index contributed by atoms with van der Waals surface area (Å²) < 4.78 is 27.6. The van der Waals surface area contributed by atoms with Crippen molar-refractivity contribution in [1.82, 2.24) is 14.9 Å². The van der Waals surface area contributed by atoms with Crippen molar-refractivity contribution in [3.8, 4) is 0 Å². The van der Waals surface area contributed by atoms with E-state index < -0.39 is 10.0 Å². The highest BCUT2D eigenvalue weighted by Crippen LogP contribution is 2.36. The molecule has 0 radical (unpaired) electrons. The smallest absolute Gasteiger partial charge is 0.263 e. The first-order valence-electron chi connectivity index (χ1n) is 10.5. The molecule has 2 aliphatic rings. The first-order chi connectivity index (χ1) is 15.5. The zero-order valence-electron chi connectivity index (χ0n) is 17.4.